The number of ketones is 1. The van der Waals surface area contributed by atoms with Crippen LogP contribution in [0.2, 0.25) is 0 Å². The molecule has 0 aliphatic heterocycles. The molecule has 1 N–H and O–H groups in total. The average molecular weight is 726 g/mol. The lowest BCUT2D eigenvalue weighted by atomic mass is 9.74. The predicted octanol–water partition coefficient (Wildman–Crippen LogP) is 8.97. The number of hydrogen-bond acceptors (Lipinski definition) is 7. The summed E-state index contributed by atoms with van der Waals surface area (Å²) in [4.78, 5) is 57.3. The molecule has 0 saturated heterocycles. The third kappa shape index (κ3) is 8.09. The van der Waals surface area contributed by atoms with Crippen molar-refractivity contribution in [1.29, 1.82) is 0 Å². The molecule has 5 rings (SSSR count). The highest BCUT2D eigenvalue weighted by Crippen LogP contribution is 2.40. The smallest absolute Gasteiger partial charge is 0.416 e. The van der Waals surface area contributed by atoms with Crippen LogP contribution in [0.15, 0.2) is 109 Å². The molecule has 0 radical (unpaired) electrons. The summed E-state index contributed by atoms with van der Waals surface area (Å²) in [5, 5.41) is 0. The second-order valence-corrected chi connectivity index (χ2v) is 12.3. The van der Waals surface area contributed by atoms with Crippen LogP contribution in [0.5, 0.6) is 0 Å². The fourth-order valence-corrected chi connectivity index (χ4v) is 6.35. The minimum atomic E-state index is -4.49. The molecule has 1 atom stereocenters. The van der Waals surface area contributed by atoms with E-state index in [1.807, 2.05) is 0 Å². The Morgan fingerprint density at radius 2 is 1.28 bits per heavy atom. The van der Waals surface area contributed by atoms with Gasteiger partial charge in [0.2, 0.25) is 0 Å². The Balaban J connectivity index is 1.53. The largest absolute Gasteiger partial charge is 0.465 e. The number of nitrogens with one attached hydrogen (secondary N) is 1. The van der Waals surface area contributed by atoms with Crippen molar-refractivity contribution in [2.75, 3.05) is 13.2 Å². The number of rotatable bonds is 13. The second kappa shape index (κ2) is 16.1. The van der Waals surface area contributed by atoms with E-state index in [4.69, 9.17) is 14.2 Å². The van der Waals surface area contributed by atoms with E-state index in [0.29, 0.717) is 50.2 Å². The fourth-order valence-electron chi connectivity index (χ4n) is 6.35. The molecular formula is C42H38F3NO7. The zero-order valence-corrected chi connectivity index (χ0v) is 29.6. The predicted molar refractivity (Wildman–Crippen MR) is 192 cm³/mol. The third-order valence-corrected chi connectivity index (χ3v) is 8.88. The first-order valence-corrected chi connectivity index (χ1v) is 17.0. The molecule has 0 aliphatic carbocycles. The first-order valence-electron chi connectivity index (χ1n) is 17.0. The number of aromatic amines is 1. The molecular weight excluding hydrogens is 687 g/mol. The van der Waals surface area contributed by atoms with Crippen LogP contribution in [0.25, 0.3) is 22.4 Å². The number of halogens is 3. The van der Waals surface area contributed by atoms with E-state index in [-0.39, 0.29) is 25.4 Å². The maximum absolute atomic E-state index is 14.2. The Morgan fingerprint density at radius 1 is 0.717 bits per heavy atom. The molecule has 0 amide bonds. The highest BCUT2D eigenvalue weighted by molar-refractivity contribution is 6.16. The van der Waals surface area contributed by atoms with Gasteiger partial charge >= 0.3 is 24.1 Å². The van der Waals surface area contributed by atoms with Gasteiger partial charge in [-0.15, -0.1) is 0 Å². The number of benzene rings is 4. The highest BCUT2D eigenvalue weighted by atomic mass is 19.4. The van der Waals surface area contributed by atoms with Gasteiger partial charge in [-0.05, 0) is 66.3 Å². The molecule has 5 aromatic rings. The van der Waals surface area contributed by atoms with Crippen LogP contribution in [-0.4, -0.2) is 41.9 Å². The molecule has 0 saturated carbocycles. The molecule has 0 aliphatic rings. The summed E-state index contributed by atoms with van der Waals surface area (Å²) < 4.78 is 56.3. The number of aromatic nitrogens is 1. The number of carbonyl (C=O) groups is 4. The van der Waals surface area contributed by atoms with Crippen molar-refractivity contribution in [2.24, 2.45) is 0 Å². The molecule has 8 nitrogen and oxygen atoms in total. The van der Waals surface area contributed by atoms with Gasteiger partial charge in [0.1, 0.15) is 6.10 Å². The van der Waals surface area contributed by atoms with Gasteiger partial charge < -0.3 is 19.2 Å². The zero-order chi connectivity index (χ0) is 38.3. The lowest BCUT2D eigenvalue weighted by Gasteiger charge is -2.33. The van der Waals surface area contributed by atoms with Gasteiger partial charge in [0.05, 0.1) is 30.0 Å². The minimum absolute atomic E-state index is 0.00875. The van der Waals surface area contributed by atoms with Crippen molar-refractivity contribution >= 4 is 23.7 Å². The number of ether oxygens (including phenoxy) is 3. The first kappa shape index (κ1) is 38.3. The zero-order valence-electron chi connectivity index (χ0n) is 29.6. The van der Waals surface area contributed by atoms with Gasteiger partial charge in [-0.1, -0.05) is 91.0 Å². The van der Waals surface area contributed by atoms with Crippen molar-refractivity contribution in [3.63, 3.8) is 0 Å². The molecule has 0 bridgehead atoms. The summed E-state index contributed by atoms with van der Waals surface area (Å²) in [6.07, 6.45) is -4.23. The first-order chi connectivity index (χ1) is 25.3. The summed E-state index contributed by atoms with van der Waals surface area (Å²) in [6, 6.07) is 26.5. The van der Waals surface area contributed by atoms with Gasteiger partial charge in [-0.3, -0.25) is 19.2 Å². The molecule has 4 aromatic carbocycles. The summed E-state index contributed by atoms with van der Waals surface area (Å²) in [5.74, 6) is -2.68. The normalized spacial score (nSPS) is 12.1. The van der Waals surface area contributed by atoms with Crippen LogP contribution in [0.3, 0.4) is 0 Å². The highest BCUT2D eigenvalue weighted by Gasteiger charge is 2.52. The summed E-state index contributed by atoms with van der Waals surface area (Å²) in [5.41, 5.74) is 1.34. The number of H-pyrrole nitrogens is 1. The van der Waals surface area contributed by atoms with E-state index in [1.165, 1.54) is 19.1 Å². The summed E-state index contributed by atoms with van der Waals surface area (Å²) in [7, 11) is 0. The fraction of sp³-hybridized carbons (Fsp3) is 0.238. The van der Waals surface area contributed by atoms with Crippen molar-refractivity contribution in [3.05, 3.63) is 143 Å². The Bertz CT molecular complexity index is 2070. The van der Waals surface area contributed by atoms with Crippen molar-refractivity contribution in [2.45, 2.75) is 51.8 Å². The standard InChI is InChI=1S/C42H38F3NO7/c1-5-51-39(49)41(40(50)52-6-2,31-12-8-7-9-13-31)24-35(53-27(4)47)29-16-18-30(19-17-29)37-36(26(3)25-46-37)38(48)34-15-11-10-14-33(34)28-20-22-32(23-21-28)42(43,44)45/h7-23,25,35,46H,5-6,24H2,1-4H3. The van der Waals surface area contributed by atoms with Crippen LogP contribution in [0.1, 0.15) is 71.5 Å². The van der Waals surface area contributed by atoms with Crippen molar-refractivity contribution < 1.29 is 46.6 Å². The molecule has 1 aromatic heterocycles. The Labute approximate surface area is 304 Å². The number of alkyl halides is 3. The Hall–Kier alpha value is -5.97. The molecule has 1 heterocycles. The van der Waals surface area contributed by atoms with E-state index < -0.39 is 41.2 Å². The van der Waals surface area contributed by atoms with Gasteiger partial charge in [0.15, 0.2) is 11.2 Å². The second-order valence-electron chi connectivity index (χ2n) is 12.3. The molecule has 0 spiro atoms. The van der Waals surface area contributed by atoms with Gasteiger partial charge in [-0.25, -0.2) is 0 Å². The molecule has 274 valence electrons. The quantitative estimate of drug-likeness (QED) is 0.0558. The lowest BCUT2D eigenvalue weighted by molar-refractivity contribution is -0.169. The number of esters is 3. The third-order valence-electron chi connectivity index (χ3n) is 8.88. The van der Waals surface area contributed by atoms with Gasteiger partial charge in [0, 0.05) is 25.1 Å². The van der Waals surface area contributed by atoms with Crippen LogP contribution in [0, 0.1) is 6.92 Å². The van der Waals surface area contributed by atoms with Crippen molar-refractivity contribution in [1.82, 2.24) is 4.98 Å². The van der Waals surface area contributed by atoms with E-state index in [9.17, 15) is 32.3 Å². The van der Waals surface area contributed by atoms with Gasteiger partial charge in [-0.2, -0.15) is 13.2 Å². The topological polar surface area (TPSA) is 112 Å². The summed E-state index contributed by atoms with van der Waals surface area (Å²) in [6.45, 7) is 6.22. The lowest BCUT2D eigenvalue weighted by Crippen LogP contribution is -2.47. The number of aryl methyl sites for hydroxylation is 1. The van der Waals surface area contributed by atoms with Crippen molar-refractivity contribution in [3.8, 4) is 22.4 Å². The SMILES string of the molecule is CCOC(=O)C(CC(OC(C)=O)c1ccc(-c2[nH]cc(C)c2C(=O)c2ccccc2-c2ccc(C(F)(F)F)cc2)cc1)(C(=O)OCC)c1ccccc1. The molecule has 1 unspecified atom stereocenters. The van der Waals surface area contributed by atoms with Crippen LogP contribution < -0.4 is 0 Å². The average Bonchev–Trinajstić information content (AvgIpc) is 3.54. The summed E-state index contributed by atoms with van der Waals surface area (Å²) >= 11 is 0. The van der Waals surface area contributed by atoms with E-state index in [0.717, 1.165) is 12.1 Å². The number of carbonyl (C=O) groups excluding carboxylic acids is 4. The molecule has 11 heteroatoms. The Kier molecular flexibility index (Phi) is 11.7. The van der Waals surface area contributed by atoms with Crippen LogP contribution in [-0.2, 0) is 40.2 Å². The molecule has 0 fully saturated rings. The van der Waals surface area contributed by atoms with Crippen LogP contribution >= 0.6 is 0 Å². The molecule has 53 heavy (non-hydrogen) atoms. The van der Waals surface area contributed by atoms with E-state index in [1.54, 1.807) is 106 Å². The van der Waals surface area contributed by atoms with Crippen LogP contribution in [0.4, 0.5) is 13.2 Å². The maximum atomic E-state index is 14.2. The monoisotopic (exact) mass is 725 g/mol. The maximum Gasteiger partial charge on any atom is 0.416 e. The number of hydrogen-bond donors (Lipinski definition) is 1. The van der Waals surface area contributed by atoms with Gasteiger partial charge in [0.25, 0.3) is 0 Å². The Morgan fingerprint density at radius 3 is 1.85 bits per heavy atom. The van der Waals surface area contributed by atoms with E-state index in [2.05, 4.69) is 4.98 Å². The minimum Gasteiger partial charge on any atom is -0.465 e. The van der Waals surface area contributed by atoms with E-state index >= 15 is 0 Å².